The van der Waals surface area contributed by atoms with Crippen molar-refractivity contribution in [3.63, 3.8) is 0 Å². The molecule has 0 amide bonds. The molecule has 0 bridgehead atoms. The number of aryl methyl sites for hydroxylation is 1. The van der Waals surface area contributed by atoms with Crippen molar-refractivity contribution in [2.45, 2.75) is 50.8 Å². The van der Waals surface area contributed by atoms with E-state index in [2.05, 4.69) is 17.6 Å². The van der Waals surface area contributed by atoms with Crippen LogP contribution in [0.4, 0.5) is 0 Å². The Balaban J connectivity index is 2.46. The summed E-state index contributed by atoms with van der Waals surface area (Å²) in [4.78, 5) is 0.302. The third-order valence-electron chi connectivity index (χ3n) is 3.51. The van der Waals surface area contributed by atoms with Crippen LogP contribution in [0, 0.1) is 25.2 Å². The standard InChI is InChI=1S/C17H25NO2S/c1-4-6-7-8-16(5-2)13-14-18-21(19,20)17-11-9-15(3)10-12-17/h2,9-12,16,18H,4,6-8,13-14H2,1,3H3. The lowest BCUT2D eigenvalue weighted by Gasteiger charge is -2.11. The molecule has 0 heterocycles. The molecule has 0 aliphatic rings. The van der Waals surface area contributed by atoms with Gasteiger partial charge >= 0.3 is 0 Å². The fourth-order valence-corrected chi connectivity index (χ4v) is 3.17. The topological polar surface area (TPSA) is 46.2 Å². The van der Waals surface area contributed by atoms with Crippen molar-refractivity contribution in [2.24, 2.45) is 5.92 Å². The lowest BCUT2D eigenvalue weighted by molar-refractivity contribution is 0.513. The van der Waals surface area contributed by atoms with Crippen LogP contribution in [0.15, 0.2) is 29.2 Å². The fraction of sp³-hybridized carbons (Fsp3) is 0.529. The average Bonchev–Trinajstić information content (AvgIpc) is 2.46. The van der Waals surface area contributed by atoms with Gasteiger partial charge in [-0.15, -0.1) is 12.3 Å². The molecule has 1 rings (SSSR count). The maximum atomic E-state index is 12.1. The Hall–Kier alpha value is -1.31. The lowest BCUT2D eigenvalue weighted by atomic mass is 9.99. The van der Waals surface area contributed by atoms with E-state index in [1.807, 2.05) is 6.92 Å². The van der Waals surface area contributed by atoms with Crippen LogP contribution in [-0.4, -0.2) is 15.0 Å². The van der Waals surface area contributed by atoms with Crippen LogP contribution < -0.4 is 4.72 Å². The van der Waals surface area contributed by atoms with Gasteiger partial charge in [0.25, 0.3) is 0 Å². The van der Waals surface area contributed by atoms with E-state index in [0.717, 1.165) is 24.8 Å². The van der Waals surface area contributed by atoms with Crippen LogP contribution in [0.25, 0.3) is 0 Å². The van der Waals surface area contributed by atoms with Gasteiger partial charge in [-0.1, -0.05) is 43.9 Å². The second kappa shape index (κ2) is 8.86. The SMILES string of the molecule is C#CC(CCCCC)CCNS(=O)(=O)c1ccc(C)cc1. The molecule has 1 aromatic rings. The molecule has 0 radical (unpaired) electrons. The molecule has 21 heavy (non-hydrogen) atoms. The van der Waals surface area contributed by atoms with E-state index in [9.17, 15) is 8.42 Å². The van der Waals surface area contributed by atoms with E-state index in [0.29, 0.717) is 17.9 Å². The molecule has 0 saturated carbocycles. The molecule has 1 atom stereocenters. The molecule has 1 aromatic carbocycles. The summed E-state index contributed by atoms with van der Waals surface area (Å²) in [5.41, 5.74) is 1.04. The number of hydrogen-bond acceptors (Lipinski definition) is 2. The zero-order chi connectivity index (χ0) is 15.7. The fourth-order valence-electron chi connectivity index (χ4n) is 2.12. The van der Waals surface area contributed by atoms with Crippen molar-refractivity contribution >= 4 is 10.0 Å². The third-order valence-corrected chi connectivity index (χ3v) is 4.98. The van der Waals surface area contributed by atoms with E-state index in [4.69, 9.17) is 6.42 Å². The predicted molar refractivity (Wildman–Crippen MR) is 87.4 cm³/mol. The first kappa shape index (κ1) is 17.7. The monoisotopic (exact) mass is 307 g/mol. The Morgan fingerprint density at radius 2 is 1.86 bits per heavy atom. The molecule has 1 unspecified atom stereocenters. The van der Waals surface area contributed by atoms with Gasteiger partial charge < -0.3 is 0 Å². The zero-order valence-electron chi connectivity index (χ0n) is 12.9. The number of hydrogen-bond donors (Lipinski definition) is 1. The maximum Gasteiger partial charge on any atom is 0.240 e. The van der Waals surface area contributed by atoms with E-state index >= 15 is 0 Å². The molecule has 116 valence electrons. The Labute approximate surface area is 129 Å². The summed E-state index contributed by atoms with van der Waals surface area (Å²) in [7, 11) is -3.42. The molecular formula is C17H25NO2S. The summed E-state index contributed by atoms with van der Waals surface area (Å²) in [6, 6.07) is 6.84. The molecular weight excluding hydrogens is 282 g/mol. The Morgan fingerprint density at radius 1 is 1.19 bits per heavy atom. The van der Waals surface area contributed by atoms with E-state index in [1.54, 1.807) is 24.3 Å². The largest absolute Gasteiger partial charge is 0.240 e. The van der Waals surface area contributed by atoms with Crippen LogP contribution in [0.1, 0.15) is 44.6 Å². The number of terminal acetylenes is 1. The quantitative estimate of drug-likeness (QED) is 0.561. The van der Waals surface area contributed by atoms with Crippen molar-refractivity contribution in [2.75, 3.05) is 6.54 Å². The van der Waals surface area contributed by atoms with E-state index in [1.165, 1.54) is 6.42 Å². The Kier molecular flexibility index (Phi) is 7.49. The predicted octanol–water partition coefficient (Wildman–Crippen LogP) is 3.49. The van der Waals surface area contributed by atoms with Crippen molar-refractivity contribution in [3.8, 4) is 12.3 Å². The van der Waals surface area contributed by atoms with Crippen molar-refractivity contribution in [1.82, 2.24) is 4.72 Å². The highest BCUT2D eigenvalue weighted by Gasteiger charge is 2.14. The van der Waals surface area contributed by atoms with E-state index in [-0.39, 0.29) is 5.92 Å². The maximum absolute atomic E-state index is 12.1. The van der Waals surface area contributed by atoms with E-state index < -0.39 is 10.0 Å². The first-order valence-corrected chi connectivity index (χ1v) is 9.00. The second-order valence-electron chi connectivity index (χ2n) is 5.36. The van der Waals surface area contributed by atoms with Gasteiger partial charge in [0.2, 0.25) is 10.0 Å². The van der Waals surface area contributed by atoms with Gasteiger partial charge in [-0.3, -0.25) is 0 Å². The van der Waals surface area contributed by atoms with Gasteiger partial charge in [-0.25, -0.2) is 13.1 Å². The molecule has 1 N–H and O–H groups in total. The minimum Gasteiger partial charge on any atom is -0.211 e. The molecule has 0 aromatic heterocycles. The van der Waals surface area contributed by atoms with Crippen molar-refractivity contribution < 1.29 is 8.42 Å². The second-order valence-corrected chi connectivity index (χ2v) is 7.13. The van der Waals surface area contributed by atoms with Gasteiger partial charge in [-0.05, 0) is 31.9 Å². The van der Waals surface area contributed by atoms with Crippen molar-refractivity contribution in [3.05, 3.63) is 29.8 Å². The summed E-state index contributed by atoms with van der Waals surface area (Å²) in [6.45, 7) is 4.47. The van der Waals surface area contributed by atoms with Crippen LogP contribution in [0.2, 0.25) is 0 Å². The van der Waals surface area contributed by atoms with Gasteiger partial charge in [0.15, 0.2) is 0 Å². The number of sulfonamides is 1. The average molecular weight is 307 g/mol. The molecule has 0 aliphatic carbocycles. The summed E-state index contributed by atoms with van der Waals surface area (Å²) in [5.74, 6) is 2.91. The Bertz CT molecular complexity index is 555. The molecule has 0 spiro atoms. The smallest absolute Gasteiger partial charge is 0.211 e. The highest BCUT2D eigenvalue weighted by molar-refractivity contribution is 7.89. The molecule has 0 fully saturated rings. The summed E-state index contributed by atoms with van der Waals surface area (Å²) >= 11 is 0. The molecule has 0 aliphatic heterocycles. The Morgan fingerprint density at radius 3 is 2.43 bits per heavy atom. The summed E-state index contributed by atoms with van der Waals surface area (Å²) < 4.78 is 26.8. The normalized spacial score (nSPS) is 12.8. The first-order valence-electron chi connectivity index (χ1n) is 7.52. The van der Waals surface area contributed by atoms with Gasteiger partial charge in [0.05, 0.1) is 4.90 Å². The number of nitrogens with one attached hydrogen (secondary N) is 1. The summed E-state index contributed by atoms with van der Waals surface area (Å²) in [5, 5.41) is 0. The van der Waals surface area contributed by atoms with Crippen LogP contribution in [0.3, 0.4) is 0 Å². The molecule has 0 saturated heterocycles. The zero-order valence-corrected chi connectivity index (χ0v) is 13.7. The van der Waals surface area contributed by atoms with Crippen LogP contribution >= 0.6 is 0 Å². The minimum absolute atomic E-state index is 0.150. The van der Waals surface area contributed by atoms with Crippen LogP contribution in [-0.2, 0) is 10.0 Å². The van der Waals surface area contributed by atoms with Gasteiger partial charge in [-0.2, -0.15) is 0 Å². The molecule has 3 nitrogen and oxygen atoms in total. The highest BCUT2D eigenvalue weighted by atomic mass is 32.2. The highest BCUT2D eigenvalue weighted by Crippen LogP contribution is 2.14. The summed E-state index contributed by atoms with van der Waals surface area (Å²) in [6.07, 6.45) is 10.6. The van der Waals surface area contributed by atoms with Crippen molar-refractivity contribution in [1.29, 1.82) is 0 Å². The van der Waals surface area contributed by atoms with Gasteiger partial charge in [0.1, 0.15) is 0 Å². The molecule has 4 heteroatoms. The third kappa shape index (κ3) is 6.33. The lowest BCUT2D eigenvalue weighted by Crippen LogP contribution is -2.26. The number of unbranched alkanes of at least 4 members (excludes halogenated alkanes) is 2. The minimum atomic E-state index is -3.42. The van der Waals surface area contributed by atoms with Crippen LogP contribution in [0.5, 0.6) is 0 Å². The first-order chi connectivity index (χ1) is 9.99. The number of benzene rings is 1. The van der Waals surface area contributed by atoms with Gasteiger partial charge in [0, 0.05) is 12.5 Å². The number of rotatable bonds is 9.